The molecule has 62 valence electrons. The Morgan fingerprint density at radius 3 is 2.33 bits per heavy atom. The first-order valence-corrected chi connectivity index (χ1v) is 4.88. The Balaban J connectivity index is 3.21. The molecule has 0 aromatic heterocycles. The molecule has 1 aromatic rings. The van der Waals surface area contributed by atoms with Gasteiger partial charge in [0.1, 0.15) is 0 Å². The van der Waals surface area contributed by atoms with E-state index < -0.39 is 0 Å². The average Bonchev–Trinajstić information content (AvgIpc) is 2.04. The Hall–Kier alpha value is -0.200. The fourth-order valence-corrected chi connectivity index (χ4v) is 1.40. The third kappa shape index (κ3) is 2.40. The summed E-state index contributed by atoms with van der Waals surface area (Å²) in [6.07, 6.45) is 1.72. The molecule has 0 aliphatic rings. The SMILES string of the molecule is Clc1cccc(Cl)c1C=C=CBr. The van der Waals surface area contributed by atoms with Gasteiger partial charge in [-0.25, -0.2) is 0 Å². The molecule has 0 amide bonds. The van der Waals surface area contributed by atoms with Gasteiger partial charge in [0, 0.05) is 20.6 Å². The number of hydrogen-bond donors (Lipinski definition) is 0. The second-order valence-corrected chi connectivity index (χ2v) is 3.33. The van der Waals surface area contributed by atoms with Gasteiger partial charge in [0.15, 0.2) is 0 Å². The molecule has 0 N–H and O–H groups in total. The minimum absolute atomic E-state index is 0.629. The Labute approximate surface area is 89.6 Å². The van der Waals surface area contributed by atoms with E-state index in [1.807, 2.05) is 0 Å². The highest BCUT2D eigenvalue weighted by atomic mass is 79.9. The lowest BCUT2D eigenvalue weighted by atomic mass is 10.2. The quantitative estimate of drug-likeness (QED) is 0.654. The molecule has 0 fully saturated rings. The third-order valence-electron chi connectivity index (χ3n) is 1.29. The van der Waals surface area contributed by atoms with Gasteiger partial charge in [0.25, 0.3) is 0 Å². The number of rotatable bonds is 1. The first-order valence-electron chi connectivity index (χ1n) is 3.21. The van der Waals surface area contributed by atoms with Crippen LogP contribution in [-0.4, -0.2) is 0 Å². The molecule has 0 atom stereocenters. The first-order chi connectivity index (χ1) is 5.75. The molecule has 0 aliphatic carbocycles. The molecule has 0 radical (unpaired) electrons. The van der Waals surface area contributed by atoms with Crippen LogP contribution in [0.1, 0.15) is 5.56 Å². The van der Waals surface area contributed by atoms with E-state index in [9.17, 15) is 0 Å². The van der Waals surface area contributed by atoms with E-state index in [1.165, 1.54) is 0 Å². The predicted octanol–water partition coefficient (Wildman–Crippen LogP) is 4.51. The van der Waals surface area contributed by atoms with Gasteiger partial charge in [-0.3, -0.25) is 0 Å². The number of benzene rings is 1. The van der Waals surface area contributed by atoms with Crippen molar-refractivity contribution in [1.82, 2.24) is 0 Å². The minimum Gasteiger partial charge on any atom is -0.113 e. The van der Waals surface area contributed by atoms with E-state index in [-0.39, 0.29) is 0 Å². The first kappa shape index (κ1) is 9.88. The van der Waals surface area contributed by atoms with Crippen molar-refractivity contribution >= 4 is 45.2 Å². The zero-order valence-corrected chi connectivity index (χ0v) is 9.12. The lowest BCUT2D eigenvalue weighted by Gasteiger charge is -1.98. The molecule has 0 nitrogen and oxygen atoms in total. The maximum atomic E-state index is 5.88. The van der Waals surface area contributed by atoms with Crippen LogP contribution in [0.3, 0.4) is 0 Å². The number of hydrogen-bond acceptors (Lipinski definition) is 0. The highest BCUT2D eigenvalue weighted by molar-refractivity contribution is 9.11. The van der Waals surface area contributed by atoms with E-state index in [0.717, 1.165) is 5.56 Å². The van der Waals surface area contributed by atoms with Crippen LogP contribution in [0.2, 0.25) is 10.0 Å². The lowest BCUT2D eigenvalue weighted by molar-refractivity contribution is 1.66. The van der Waals surface area contributed by atoms with Crippen molar-refractivity contribution in [1.29, 1.82) is 0 Å². The Morgan fingerprint density at radius 1 is 1.25 bits per heavy atom. The fraction of sp³-hybridized carbons (Fsp3) is 0. The van der Waals surface area contributed by atoms with Crippen LogP contribution < -0.4 is 0 Å². The van der Waals surface area contributed by atoms with Gasteiger partial charge in [0.05, 0.1) is 0 Å². The summed E-state index contributed by atoms with van der Waals surface area (Å²) in [5, 5.41) is 1.26. The van der Waals surface area contributed by atoms with Gasteiger partial charge in [0.2, 0.25) is 0 Å². The molecule has 0 heterocycles. The molecule has 0 saturated heterocycles. The predicted molar refractivity (Wildman–Crippen MR) is 57.9 cm³/mol. The standard InChI is InChI=1S/C9H5BrCl2/c10-6-2-3-7-8(11)4-1-5-9(7)12/h1,3-6H. The summed E-state index contributed by atoms with van der Waals surface area (Å²) in [5.41, 5.74) is 3.63. The summed E-state index contributed by atoms with van der Waals surface area (Å²) in [4.78, 5) is 1.62. The third-order valence-corrected chi connectivity index (χ3v) is 2.21. The zero-order chi connectivity index (χ0) is 8.97. The molecule has 0 saturated carbocycles. The monoisotopic (exact) mass is 262 g/mol. The van der Waals surface area contributed by atoms with Crippen LogP contribution in [0.5, 0.6) is 0 Å². The van der Waals surface area contributed by atoms with Crippen molar-refractivity contribution in [2.45, 2.75) is 0 Å². The summed E-state index contributed by atoms with van der Waals surface area (Å²) in [7, 11) is 0. The zero-order valence-electron chi connectivity index (χ0n) is 6.02. The van der Waals surface area contributed by atoms with E-state index >= 15 is 0 Å². The van der Waals surface area contributed by atoms with Gasteiger partial charge in [-0.1, -0.05) is 45.2 Å². The second kappa shape index (κ2) is 4.74. The van der Waals surface area contributed by atoms with Crippen molar-refractivity contribution in [3.63, 3.8) is 0 Å². The average molecular weight is 264 g/mol. The molecule has 0 aliphatic heterocycles. The molecule has 1 rings (SSSR count). The van der Waals surface area contributed by atoms with E-state index in [2.05, 4.69) is 21.7 Å². The molecule has 12 heavy (non-hydrogen) atoms. The maximum Gasteiger partial charge on any atom is 0.0499 e. The van der Waals surface area contributed by atoms with Gasteiger partial charge in [-0.2, -0.15) is 0 Å². The molecule has 0 spiro atoms. The number of halogens is 3. The van der Waals surface area contributed by atoms with Crippen LogP contribution in [0, 0.1) is 0 Å². The summed E-state index contributed by atoms with van der Waals surface area (Å²) in [5.74, 6) is 0. The van der Waals surface area contributed by atoms with E-state index in [4.69, 9.17) is 23.2 Å². The Bertz CT molecular complexity index is 318. The van der Waals surface area contributed by atoms with Crippen LogP contribution >= 0.6 is 39.1 Å². The van der Waals surface area contributed by atoms with Gasteiger partial charge in [-0.15, -0.1) is 5.73 Å². The smallest absolute Gasteiger partial charge is 0.0499 e. The second-order valence-electron chi connectivity index (χ2n) is 2.06. The molecule has 1 aromatic carbocycles. The highest BCUT2D eigenvalue weighted by Gasteiger charge is 1.99. The van der Waals surface area contributed by atoms with Crippen LogP contribution in [-0.2, 0) is 0 Å². The largest absolute Gasteiger partial charge is 0.113 e. The summed E-state index contributed by atoms with van der Waals surface area (Å²) in [6.45, 7) is 0. The Kier molecular flexibility index (Phi) is 3.90. The molecular formula is C9H5BrCl2. The topological polar surface area (TPSA) is 0 Å². The van der Waals surface area contributed by atoms with Crippen molar-refractivity contribution in [3.05, 3.63) is 44.5 Å². The van der Waals surface area contributed by atoms with Crippen LogP contribution in [0.25, 0.3) is 6.08 Å². The normalized spacial score (nSPS) is 8.92. The van der Waals surface area contributed by atoms with Crippen molar-refractivity contribution in [2.24, 2.45) is 0 Å². The van der Waals surface area contributed by atoms with Crippen molar-refractivity contribution in [2.75, 3.05) is 0 Å². The molecular weight excluding hydrogens is 259 g/mol. The van der Waals surface area contributed by atoms with Gasteiger partial charge < -0.3 is 0 Å². The molecule has 0 bridgehead atoms. The molecule has 3 heteroatoms. The molecule has 0 unspecified atom stereocenters. The highest BCUT2D eigenvalue weighted by Crippen LogP contribution is 2.24. The van der Waals surface area contributed by atoms with Gasteiger partial charge >= 0.3 is 0 Å². The fourth-order valence-electron chi connectivity index (χ4n) is 0.763. The maximum absolute atomic E-state index is 5.88. The lowest BCUT2D eigenvalue weighted by Crippen LogP contribution is -1.75. The minimum atomic E-state index is 0.629. The Morgan fingerprint density at radius 2 is 1.83 bits per heavy atom. The summed E-state index contributed by atoms with van der Waals surface area (Å²) < 4.78 is 0. The van der Waals surface area contributed by atoms with Crippen molar-refractivity contribution < 1.29 is 0 Å². The van der Waals surface area contributed by atoms with Crippen molar-refractivity contribution in [3.8, 4) is 0 Å². The van der Waals surface area contributed by atoms with Crippen LogP contribution in [0.4, 0.5) is 0 Å². The van der Waals surface area contributed by atoms with Crippen LogP contribution in [0.15, 0.2) is 28.9 Å². The summed E-state index contributed by atoms with van der Waals surface area (Å²) >= 11 is 14.9. The van der Waals surface area contributed by atoms with E-state index in [1.54, 1.807) is 29.3 Å². The van der Waals surface area contributed by atoms with Gasteiger partial charge in [-0.05, 0) is 18.2 Å². The summed E-state index contributed by atoms with van der Waals surface area (Å²) in [6, 6.07) is 5.38. The van der Waals surface area contributed by atoms with E-state index in [0.29, 0.717) is 10.0 Å².